The summed E-state index contributed by atoms with van der Waals surface area (Å²) >= 11 is 0. The monoisotopic (exact) mass is 349 g/mol. The zero-order chi connectivity index (χ0) is 18.0. The Kier molecular flexibility index (Phi) is 5.04. The van der Waals surface area contributed by atoms with Crippen molar-refractivity contribution in [3.63, 3.8) is 0 Å². The Morgan fingerprint density at radius 3 is 2.73 bits per heavy atom. The van der Waals surface area contributed by atoms with Crippen molar-refractivity contribution < 1.29 is 5.11 Å². The Morgan fingerprint density at radius 2 is 1.92 bits per heavy atom. The molecule has 2 aliphatic rings. The van der Waals surface area contributed by atoms with Crippen LogP contribution in [0.4, 0.5) is 0 Å². The van der Waals surface area contributed by atoms with Gasteiger partial charge in [-0.2, -0.15) is 0 Å². The molecular weight excluding hydrogens is 318 g/mol. The second-order valence-electron chi connectivity index (χ2n) is 8.44. The molecule has 1 heterocycles. The van der Waals surface area contributed by atoms with Crippen molar-refractivity contribution >= 4 is 0 Å². The van der Waals surface area contributed by atoms with Crippen molar-refractivity contribution in [3.8, 4) is 5.75 Å². The van der Waals surface area contributed by atoms with E-state index in [0.29, 0.717) is 5.75 Å². The molecule has 0 radical (unpaired) electrons. The highest BCUT2D eigenvalue weighted by molar-refractivity contribution is 5.35. The molecule has 2 atom stereocenters. The summed E-state index contributed by atoms with van der Waals surface area (Å²) in [7, 11) is 0. The number of aryl methyl sites for hydroxylation is 1. The molecule has 26 heavy (non-hydrogen) atoms. The first-order valence-corrected chi connectivity index (χ1v) is 10.2. The minimum atomic E-state index is 0.289. The van der Waals surface area contributed by atoms with Gasteiger partial charge < -0.3 is 10.0 Å². The lowest BCUT2D eigenvalue weighted by Crippen LogP contribution is -2.51. The van der Waals surface area contributed by atoms with E-state index in [-0.39, 0.29) is 5.41 Å². The van der Waals surface area contributed by atoms with E-state index in [0.717, 1.165) is 18.9 Å². The van der Waals surface area contributed by atoms with Crippen LogP contribution in [0.2, 0.25) is 0 Å². The van der Waals surface area contributed by atoms with Crippen LogP contribution in [0.25, 0.3) is 0 Å². The number of piperidine rings is 1. The fraction of sp³-hybridized carbons (Fsp3) is 0.500. The van der Waals surface area contributed by atoms with Gasteiger partial charge in [-0.25, -0.2) is 0 Å². The van der Waals surface area contributed by atoms with Crippen LogP contribution in [-0.2, 0) is 11.8 Å². The lowest BCUT2D eigenvalue weighted by Gasteiger charge is -2.51. The number of benzene rings is 2. The van der Waals surface area contributed by atoms with Gasteiger partial charge in [0, 0.05) is 18.5 Å². The maximum Gasteiger partial charge on any atom is 0.115 e. The van der Waals surface area contributed by atoms with Crippen molar-refractivity contribution in [1.29, 1.82) is 0 Å². The number of likely N-dealkylation sites (tertiary alicyclic amines) is 1. The molecule has 0 bridgehead atoms. The van der Waals surface area contributed by atoms with E-state index in [1.54, 1.807) is 6.07 Å². The fourth-order valence-corrected chi connectivity index (χ4v) is 5.25. The van der Waals surface area contributed by atoms with E-state index < -0.39 is 0 Å². The summed E-state index contributed by atoms with van der Waals surface area (Å²) in [4.78, 5) is 2.68. The summed E-state index contributed by atoms with van der Waals surface area (Å²) in [6, 6.07) is 17.1. The average molecular weight is 350 g/mol. The van der Waals surface area contributed by atoms with Gasteiger partial charge in [-0.05, 0) is 68.3 Å². The largest absolute Gasteiger partial charge is 0.508 e. The molecule has 1 saturated carbocycles. The predicted molar refractivity (Wildman–Crippen MR) is 108 cm³/mol. The van der Waals surface area contributed by atoms with E-state index >= 15 is 0 Å². The van der Waals surface area contributed by atoms with Crippen LogP contribution >= 0.6 is 0 Å². The number of fused-ring (bicyclic) bond motifs is 1. The highest BCUT2D eigenvalue weighted by Crippen LogP contribution is 2.49. The molecule has 2 nitrogen and oxygen atoms in total. The molecule has 1 saturated heterocycles. The van der Waals surface area contributed by atoms with Gasteiger partial charge in [0.25, 0.3) is 0 Å². The van der Waals surface area contributed by atoms with Crippen LogP contribution in [0.5, 0.6) is 5.75 Å². The van der Waals surface area contributed by atoms with Crippen LogP contribution in [0.15, 0.2) is 48.5 Å². The number of hydrogen-bond acceptors (Lipinski definition) is 2. The average Bonchev–Trinajstić information content (AvgIpc) is 2.67. The maximum atomic E-state index is 10.0. The Hall–Kier alpha value is -1.80. The number of phenols is 1. The smallest absolute Gasteiger partial charge is 0.115 e. The number of hydrogen-bond donors (Lipinski definition) is 1. The molecule has 4 rings (SSSR count). The summed E-state index contributed by atoms with van der Waals surface area (Å²) in [5.74, 6) is 1.15. The van der Waals surface area contributed by atoms with Gasteiger partial charge in [0.05, 0.1) is 0 Å². The SMILES string of the molecule is Cc1ccc(CCN2CCC3(c4cccc(O)c4)CCCCC3C2)cc1. The first kappa shape index (κ1) is 17.6. The molecule has 0 spiro atoms. The highest BCUT2D eigenvalue weighted by atomic mass is 16.3. The number of rotatable bonds is 4. The van der Waals surface area contributed by atoms with E-state index in [4.69, 9.17) is 0 Å². The zero-order valence-corrected chi connectivity index (χ0v) is 16.0. The van der Waals surface area contributed by atoms with Crippen LogP contribution in [-0.4, -0.2) is 29.6 Å². The standard InChI is InChI=1S/C24H31NO/c1-19-8-10-20(11-9-19)12-15-25-16-14-24(13-3-2-5-22(24)18-25)21-6-4-7-23(26)17-21/h4,6-11,17,22,26H,2-3,5,12-16,18H2,1H3. The third kappa shape index (κ3) is 3.53. The second-order valence-corrected chi connectivity index (χ2v) is 8.44. The molecule has 2 heteroatoms. The van der Waals surface area contributed by atoms with Crippen LogP contribution in [0.1, 0.15) is 48.8 Å². The summed E-state index contributed by atoms with van der Waals surface area (Å²) in [6.07, 6.45) is 7.68. The number of phenolic OH excluding ortho intramolecular Hbond substituents is 1. The summed E-state index contributed by atoms with van der Waals surface area (Å²) < 4.78 is 0. The van der Waals surface area contributed by atoms with Crippen LogP contribution in [0.3, 0.4) is 0 Å². The minimum Gasteiger partial charge on any atom is -0.508 e. The van der Waals surface area contributed by atoms with Crippen LogP contribution < -0.4 is 0 Å². The van der Waals surface area contributed by atoms with Crippen molar-refractivity contribution in [2.24, 2.45) is 5.92 Å². The summed E-state index contributed by atoms with van der Waals surface area (Å²) in [6.45, 7) is 5.70. The Labute approximate surface area is 157 Å². The van der Waals surface area contributed by atoms with Gasteiger partial charge in [-0.15, -0.1) is 0 Å². The molecule has 138 valence electrons. The van der Waals surface area contributed by atoms with Gasteiger partial charge in [-0.3, -0.25) is 0 Å². The lowest BCUT2D eigenvalue weighted by molar-refractivity contribution is 0.0568. The second kappa shape index (κ2) is 7.44. The zero-order valence-electron chi connectivity index (χ0n) is 16.0. The third-order valence-electron chi connectivity index (χ3n) is 6.82. The topological polar surface area (TPSA) is 23.5 Å². The molecule has 2 aromatic carbocycles. The number of aromatic hydroxyl groups is 1. The fourth-order valence-electron chi connectivity index (χ4n) is 5.25. The van der Waals surface area contributed by atoms with Gasteiger partial charge in [0.2, 0.25) is 0 Å². The molecule has 1 N–H and O–H groups in total. The van der Waals surface area contributed by atoms with Crippen LogP contribution in [0, 0.1) is 12.8 Å². The Balaban J connectivity index is 1.46. The molecule has 2 unspecified atom stereocenters. The molecule has 1 aliphatic carbocycles. The normalized spacial score (nSPS) is 26.4. The van der Waals surface area contributed by atoms with Crippen molar-refractivity contribution in [2.45, 2.75) is 50.9 Å². The number of nitrogens with zero attached hydrogens (tertiary/aromatic N) is 1. The third-order valence-corrected chi connectivity index (χ3v) is 6.82. The lowest BCUT2D eigenvalue weighted by atomic mass is 9.59. The van der Waals surface area contributed by atoms with Gasteiger partial charge >= 0.3 is 0 Å². The van der Waals surface area contributed by atoms with Crippen molar-refractivity contribution in [1.82, 2.24) is 4.90 Å². The molecule has 0 aromatic heterocycles. The molecule has 2 fully saturated rings. The molecule has 0 amide bonds. The van der Waals surface area contributed by atoms with Gasteiger partial charge in [0.15, 0.2) is 0 Å². The summed E-state index contributed by atoms with van der Waals surface area (Å²) in [5.41, 5.74) is 4.45. The predicted octanol–water partition coefficient (Wildman–Crippen LogP) is 5.08. The van der Waals surface area contributed by atoms with E-state index in [9.17, 15) is 5.11 Å². The van der Waals surface area contributed by atoms with E-state index in [1.807, 2.05) is 12.1 Å². The van der Waals surface area contributed by atoms with E-state index in [2.05, 4.69) is 42.2 Å². The first-order chi connectivity index (χ1) is 12.7. The first-order valence-electron chi connectivity index (χ1n) is 10.2. The van der Waals surface area contributed by atoms with Crippen molar-refractivity contribution in [2.75, 3.05) is 19.6 Å². The maximum absolute atomic E-state index is 10.0. The Bertz CT molecular complexity index is 738. The Morgan fingerprint density at radius 1 is 1.08 bits per heavy atom. The highest BCUT2D eigenvalue weighted by Gasteiger charge is 2.45. The van der Waals surface area contributed by atoms with Gasteiger partial charge in [-0.1, -0.05) is 54.8 Å². The molecule has 1 aliphatic heterocycles. The van der Waals surface area contributed by atoms with Gasteiger partial charge in [0.1, 0.15) is 5.75 Å². The molecular formula is C24H31NO. The quantitative estimate of drug-likeness (QED) is 0.832. The van der Waals surface area contributed by atoms with Crippen molar-refractivity contribution in [3.05, 3.63) is 65.2 Å². The van der Waals surface area contributed by atoms with E-state index in [1.165, 1.54) is 61.9 Å². The summed E-state index contributed by atoms with van der Waals surface area (Å²) in [5, 5.41) is 10.0. The molecule has 2 aromatic rings. The minimum absolute atomic E-state index is 0.289.